The smallest absolute Gasteiger partial charge is 0.212 e. The van der Waals surface area contributed by atoms with Crippen LogP contribution in [0, 0.1) is 5.92 Å². The van der Waals surface area contributed by atoms with E-state index in [-0.39, 0.29) is 12.3 Å². The quantitative estimate of drug-likeness (QED) is 0.759. The Morgan fingerprint density at radius 1 is 1.35 bits per heavy atom. The van der Waals surface area contributed by atoms with Crippen LogP contribution < -0.4 is 4.72 Å². The normalized spacial score (nSPS) is 15.2. The van der Waals surface area contributed by atoms with Gasteiger partial charge in [-0.1, -0.05) is 13.8 Å². The summed E-state index contributed by atoms with van der Waals surface area (Å²) in [6.45, 7) is 5.68. The first kappa shape index (κ1) is 17.1. The van der Waals surface area contributed by atoms with E-state index in [0.29, 0.717) is 18.8 Å². The van der Waals surface area contributed by atoms with Gasteiger partial charge in [-0.2, -0.15) is 0 Å². The molecule has 20 heavy (non-hydrogen) atoms. The monoisotopic (exact) mass is 300 g/mol. The second kappa shape index (κ2) is 7.15. The van der Waals surface area contributed by atoms with Crippen molar-refractivity contribution in [3.63, 3.8) is 0 Å². The number of sulfonamides is 1. The molecule has 1 rings (SSSR count). The Bertz CT molecular complexity index is 498. The van der Waals surface area contributed by atoms with Crippen LogP contribution in [0.4, 0.5) is 0 Å². The van der Waals surface area contributed by atoms with E-state index in [1.807, 2.05) is 13.8 Å². The van der Waals surface area contributed by atoms with E-state index in [9.17, 15) is 13.5 Å². The van der Waals surface area contributed by atoms with E-state index in [4.69, 9.17) is 0 Å². The number of aliphatic hydroxyl groups is 1. The Hall–Kier alpha value is -0.980. The molecule has 1 unspecified atom stereocenters. The van der Waals surface area contributed by atoms with E-state index in [0.717, 1.165) is 5.56 Å². The summed E-state index contributed by atoms with van der Waals surface area (Å²) in [4.78, 5) is 3.89. The van der Waals surface area contributed by atoms with Gasteiger partial charge in [0, 0.05) is 18.9 Å². The third-order valence-electron chi connectivity index (χ3n) is 2.93. The van der Waals surface area contributed by atoms with Crippen molar-refractivity contribution in [3.05, 3.63) is 30.1 Å². The van der Waals surface area contributed by atoms with E-state index in [2.05, 4.69) is 9.71 Å². The SMILES string of the molecule is CC(C)CC(C)(O)CNS(=O)(=O)CCc1ccncc1. The van der Waals surface area contributed by atoms with Gasteiger partial charge in [-0.05, 0) is 43.4 Å². The molecule has 0 amide bonds. The van der Waals surface area contributed by atoms with Crippen LogP contribution in [0.5, 0.6) is 0 Å². The number of nitrogens with zero attached hydrogens (tertiary/aromatic N) is 1. The Morgan fingerprint density at radius 3 is 2.50 bits per heavy atom. The standard InChI is InChI=1S/C14H24N2O3S/c1-12(2)10-14(3,17)11-16-20(18,19)9-6-13-4-7-15-8-5-13/h4-5,7-8,12,16-17H,6,9-11H2,1-3H3. The number of nitrogens with one attached hydrogen (secondary N) is 1. The first-order valence-electron chi connectivity index (χ1n) is 6.79. The fourth-order valence-electron chi connectivity index (χ4n) is 2.09. The maximum atomic E-state index is 11.9. The molecule has 1 heterocycles. The van der Waals surface area contributed by atoms with Crippen LogP contribution in [0.25, 0.3) is 0 Å². The minimum absolute atomic E-state index is 0.00870. The fourth-order valence-corrected chi connectivity index (χ4v) is 3.27. The summed E-state index contributed by atoms with van der Waals surface area (Å²) in [5.41, 5.74) is -0.0860. The first-order chi connectivity index (χ1) is 9.20. The molecule has 0 aliphatic carbocycles. The molecular weight excluding hydrogens is 276 g/mol. The summed E-state index contributed by atoms with van der Waals surface area (Å²) in [7, 11) is -3.38. The molecule has 5 nitrogen and oxygen atoms in total. The Labute approximate surface area is 121 Å². The lowest BCUT2D eigenvalue weighted by atomic mass is 9.95. The second-order valence-corrected chi connectivity index (χ2v) is 7.77. The van der Waals surface area contributed by atoms with Crippen molar-refractivity contribution in [2.75, 3.05) is 12.3 Å². The number of hydrogen-bond acceptors (Lipinski definition) is 4. The minimum Gasteiger partial charge on any atom is -0.389 e. The molecule has 1 atom stereocenters. The van der Waals surface area contributed by atoms with E-state index < -0.39 is 15.6 Å². The molecule has 1 aromatic rings. The van der Waals surface area contributed by atoms with Gasteiger partial charge in [0.1, 0.15) is 0 Å². The third kappa shape index (κ3) is 6.98. The van der Waals surface area contributed by atoms with Gasteiger partial charge in [-0.25, -0.2) is 13.1 Å². The van der Waals surface area contributed by atoms with E-state index in [1.165, 1.54) is 0 Å². The zero-order valence-electron chi connectivity index (χ0n) is 12.3. The predicted octanol–water partition coefficient (Wildman–Crippen LogP) is 1.34. The molecule has 0 saturated carbocycles. The topological polar surface area (TPSA) is 79.3 Å². The van der Waals surface area contributed by atoms with Gasteiger partial charge in [-0.15, -0.1) is 0 Å². The molecule has 2 N–H and O–H groups in total. The summed E-state index contributed by atoms with van der Waals surface area (Å²) >= 11 is 0. The third-order valence-corrected chi connectivity index (χ3v) is 4.26. The van der Waals surface area contributed by atoms with Gasteiger partial charge in [0.2, 0.25) is 10.0 Å². The van der Waals surface area contributed by atoms with Crippen LogP contribution in [0.2, 0.25) is 0 Å². The zero-order valence-corrected chi connectivity index (χ0v) is 13.2. The first-order valence-corrected chi connectivity index (χ1v) is 8.44. The molecule has 0 aromatic carbocycles. The molecular formula is C14H24N2O3S. The van der Waals surface area contributed by atoms with Gasteiger partial charge in [0.05, 0.1) is 11.4 Å². The van der Waals surface area contributed by atoms with Crippen molar-refractivity contribution in [1.82, 2.24) is 9.71 Å². The summed E-state index contributed by atoms with van der Waals surface area (Å²) < 4.78 is 26.3. The second-order valence-electron chi connectivity index (χ2n) is 5.84. The Kier molecular flexibility index (Phi) is 6.10. The number of pyridine rings is 1. The highest BCUT2D eigenvalue weighted by Crippen LogP contribution is 2.15. The Balaban J connectivity index is 2.46. The Morgan fingerprint density at radius 2 is 1.95 bits per heavy atom. The van der Waals surface area contributed by atoms with Crippen molar-refractivity contribution < 1.29 is 13.5 Å². The van der Waals surface area contributed by atoms with Crippen LogP contribution >= 0.6 is 0 Å². The molecule has 0 aliphatic heterocycles. The fraction of sp³-hybridized carbons (Fsp3) is 0.643. The van der Waals surface area contributed by atoms with Crippen LogP contribution in [0.15, 0.2) is 24.5 Å². The maximum Gasteiger partial charge on any atom is 0.212 e. The minimum atomic E-state index is -3.38. The highest BCUT2D eigenvalue weighted by molar-refractivity contribution is 7.89. The summed E-state index contributed by atoms with van der Waals surface area (Å²) in [6.07, 6.45) is 4.27. The van der Waals surface area contributed by atoms with Gasteiger partial charge in [0.25, 0.3) is 0 Å². The highest BCUT2D eigenvalue weighted by atomic mass is 32.2. The lowest BCUT2D eigenvalue weighted by molar-refractivity contribution is 0.0437. The average molecular weight is 300 g/mol. The molecule has 0 aliphatic rings. The van der Waals surface area contributed by atoms with Crippen molar-refractivity contribution in [1.29, 1.82) is 0 Å². The van der Waals surface area contributed by atoms with Crippen LogP contribution in [0.1, 0.15) is 32.8 Å². The largest absolute Gasteiger partial charge is 0.389 e. The number of rotatable bonds is 8. The molecule has 114 valence electrons. The molecule has 0 radical (unpaired) electrons. The predicted molar refractivity (Wildman–Crippen MR) is 79.8 cm³/mol. The van der Waals surface area contributed by atoms with Gasteiger partial charge < -0.3 is 5.11 Å². The van der Waals surface area contributed by atoms with Gasteiger partial charge in [-0.3, -0.25) is 4.98 Å². The number of aryl methyl sites for hydroxylation is 1. The average Bonchev–Trinajstić information content (AvgIpc) is 2.34. The van der Waals surface area contributed by atoms with Crippen molar-refractivity contribution in [2.45, 2.75) is 39.2 Å². The molecule has 0 fully saturated rings. The van der Waals surface area contributed by atoms with Crippen LogP contribution in [-0.4, -0.2) is 36.4 Å². The van der Waals surface area contributed by atoms with Crippen LogP contribution in [-0.2, 0) is 16.4 Å². The maximum absolute atomic E-state index is 11.9. The lowest BCUT2D eigenvalue weighted by Gasteiger charge is -2.25. The van der Waals surface area contributed by atoms with Crippen molar-refractivity contribution in [3.8, 4) is 0 Å². The lowest BCUT2D eigenvalue weighted by Crippen LogP contribution is -2.42. The molecule has 6 heteroatoms. The number of hydrogen-bond donors (Lipinski definition) is 2. The molecule has 0 spiro atoms. The highest BCUT2D eigenvalue weighted by Gasteiger charge is 2.24. The van der Waals surface area contributed by atoms with Gasteiger partial charge in [0.15, 0.2) is 0 Å². The molecule has 0 bridgehead atoms. The van der Waals surface area contributed by atoms with Gasteiger partial charge >= 0.3 is 0 Å². The van der Waals surface area contributed by atoms with Crippen molar-refractivity contribution in [2.24, 2.45) is 5.92 Å². The van der Waals surface area contributed by atoms with E-state index >= 15 is 0 Å². The molecule has 0 saturated heterocycles. The van der Waals surface area contributed by atoms with Crippen molar-refractivity contribution >= 4 is 10.0 Å². The van der Waals surface area contributed by atoms with Crippen LogP contribution in [0.3, 0.4) is 0 Å². The summed E-state index contributed by atoms with van der Waals surface area (Å²) in [5, 5.41) is 10.1. The summed E-state index contributed by atoms with van der Waals surface area (Å²) in [6, 6.07) is 3.59. The zero-order chi connectivity index (χ0) is 15.2. The summed E-state index contributed by atoms with van der Waals surface area (Å²) in [5.74, 6) is 0.320. The van der Waals surface area contributed by atoms with E-state index in [1.54, 1.807) is 31.5 Å². The number of aromatic nitrogens is 1. The molecule has 1 aromatic heterocycles.